The van der Waals surface area contributed by atoms with Crippen LogP contribution in [0.15, 0.2) is 66.4 Å². The topological polar surface area (TPSA) is 130 Å². The fourth-order valence-corrected chi connectivity index (χ4v) is 5.15. The predicted molar refractivity (Wildman–Crippen MR) is 158 cm³/mol. The zero-order chi connectivity index (χ0) is 29.9. The maximum absolute atomic E-state index is 12.5. The Balaban J connectivity index is 1.98. The van der Waals surface area contributed by atoms with Gasteiger partial charge in [0, 0.05) is 17.3 Å². The molecular formula is C29H31NO9S2. The van der Waals surface area contributed by atoms with Gasteiger partial charge in [-0.1, -0.05) is 17.7 Å². The molecule has 10 nitrogen and oxygen atoms in total. The lowest BCUT2D eigenvalue weighted by molar-refractivity contribution is 0.347. The number of rotatable bonds is 11. The molecule has 1 N–H and O–H groups in total. The number of fused-ring (bicyclic) bond motifs is 1. The fourth-order valence-electron chi connectivity index (χ4n) is 4.23. The second kappa shape index (κ2) is 11.8. The van der Waals surface area contributed by atoms with E-state index < -0.39 is 20.2 Å². The molecule has 0 aliphatic heterocycles. The lowest BCUT2D eigenvalue weighted by atomic mass is 9.95. The predicted octanol–water partition coefficient (Wildman–Crippen LogP) is 5.54. The molecule has 218 valence electrons. The molecule has 4 rings (SSSR count). The smallest absolute Gasteiger partial charge is 0.306 e. The molecule has 0 unspecified atom stereocenters. The van der Waals surface area contributed by atoms with Crippen LogP contribution in [0.25, 0.3) is 33.2 Å². The third kappa shape index (κ3) is 7.14. The van der Waals surface area contributed by atoms with Crippen LogP contribution in [0, 0.1) is 0 Å². The van der Waals surface area contributed by atoms with Crippen LogP contribution in [0.3, 0.4) is 0 Å². The Morgan fingerprint density at radius 3 is 2.12 bits per heavy atom. The van der Waals surface area contributed by atoms with Crippen LogP contribution < -0.4 is 22.6 Å². The minimum Gasteiger partial charge on any atom is -0.496 e. The van der Waals surface area contributed by atoms with Crippen LogP contribution in [0.1, 0.15) is 13.8 Å². The van der Waals surface area contributed by atoms with Gasteiger partial charge < -0.3 is 27.6 Å². The van der Waals surface area contributed by atoms with E-state index in [4.69, 9.17) is 22.6 Å². The van der Waals surface area contributed by atoms with Crippen molar-refractivity contribution in [3.05, 3.63) is 66.4 Å². The van der Waals surface area contributed by atoms with E-state index in [1.807, 2.05) is 50.4 Å². The van der Waals surface area contributed by atoms with Gasteiger partial charge in [0.25, 0.3) is 0 Å². The molecule has 0 radical (unpaired) electrons. The molecule has 3 aromatic carbocycles. The van der Waals surface area contributed by atoms with Crippen molar-refractivity contribution in [1.29, 1.82) is 0 Å². The van der Waals surface area contributed by atoms with Gasteiger partial charge in [-0.05, 0) is 72.8 Å². The Bertz CT molecular complexity index is 1840. The Morgan fingerprint density at radius 2 is 1.49 bits per heavy atom. The first kappa shape index (κ1) is 29.8. The summed E-state index contributed by atoms with van der Waals surface area (Å²) in [6.45, 7) is 3.99. The molecule has 41 heavy (non-hydrogen) atoms. The molecule has 0 aliphatic rings. The largest absolute Gasteiger partial charge is 0.496 e. The van der Waals surface area contributed by atoms with Crippen molar-refractivity contribution in [2.24, 2.45) is 0 Å². The van der Waals surface area contributed by atoms with Gasteiger partial charge in [0.2, 0.25) is 0 Å². The fraction of sp³-hybridized carbons (Fsp3) is 0.241. The van der Waals surface area contributed by atoms with E-state index in [0.717, 1.165) is 34.6 Å². The highest BCUT2D eigenvalue weighted by Crippen LogP contribution is 2.52. The van der Waals surface area contributed by atoms with Gasteiger partial charge in [0.15, 0.2) is 23.0 Å². The van der Waals surface area contributed by atoms with E-state index in [1.54, 1.807) is 12.1 Å². The average molecular weight is 602 g/mol. The number of hydrogen-bond acceptors (Lipinski definition) is 9. The summed E-state index contributed by atoms with van der Waals surface area (Å²) in [4.78, 5) is 3.14. The summed E-state index contributed by atoms with van der Waals surface area (Å²) in [5.41, 5.74) is 3.72. The van der Waals surface area contributed by atoms with Crippen LogP contribution in [-0.4, -0.2) is 55.2 Å². The van der Waals surface area contributed by atoms with E-state index in [1.165, 1.54) is 26.4 Å². The summed E-state index contributed by atoms with van der Waals surface area (Å²) >= 11 is 0. The lowest BCUT2D eigenvalue weighted by Gasteiger charge is -2.21. The van der Waals surface area contributed by atoms with Crippen molar-refractivity contribution in [2.75, 3.05) is 33.3 Å². The molecule has 12 heteroatoms. The summed E-state index contributed by atoms with van der Waals surface area (Å²) in [6, 6.07) is 13.8. The molecule has 0 saturated heterocycles. The molecule has 4 aromatic rings. The first-order valence-corrected chi connectivity index (χ1v) is 16.0. The van der Waals surface area contributed by atoms with Crippen LogP contribution in [0.5, 0.6) is 28.7 Å². The monoisotopic (exact) mass is 601 g/mol. The number of nitrogens with one attached hydrogen (secondary N) is 1. The van der Waals surface area contributed by atoms with Gasteiger partial charge in [0.1, 0.15) is 12.4 Å². The molecular weight excluding hydrogens is 570 g/mol. The maximum atomic E-state index is 12.5. The van der Waals surface area contributed by atoms with E-state index in [9.17, 15) is 16.8 Å². The highest BCUT2D eigenvalue weighted by Gasteiger charge is 2.27. The number of aromatic nitrogens is 1. The van der Waals surface area contributed by atoms with Crippen molar-refractivity contribution < 1.29 is 39.4 Å². The number of benzene rings is 3. The maximum Gasteiger partial charge on any atom is 0.306 e. The second-order valence-electron chi connectivity index (χ2n) is 9.47. The van der Waals surface area contributed by atoms with Gasteiger partial charge in [-0.2, -0.15) is 16.8 Å². The molecule has 0 amide bonds. The summed E-state index contributed by atoms with van der Waals surface area (Å²) in [6.07, 6.45) is 5.47. The third-order valence-electron chi connectivity index (χ3n) is 5.93. The molecule has 0 spiro atoms. The average Bonchev–Trinajstić information content (AvgIpc) is 3.35. The highest BCUT2D eigenvalue weighted by atomic mass is 32.2. The second-order valence-corrected chi connectivity index (χ2v) is 12.6. The van der Waals surface area contributed by atoms with Crippen molar-refractivity contribution in [1.82, 2.24) is 4.98 Å². The first-order valence-electron chi connectivity index (χ1n) is 12.4. The van der Waals surface area contributed by atoms with Crippen LogP contribution >= 0.6 is 0 Å². The Hall–Kier alpha value is -4.16. The summed E-state index contributed by atoms with van der Waals surface area (Å²) < 4.78 is 77.1. The van der Waals surface area contributed by atoms with E-state index in [-0.39, 0.29) is 40.9 Å². The standard InChI is InChI=1S/C29H31NO9S2/c1-18(2)12-14-37-24-10-8-21(16-25(24)38-40(5,31)32)27-26(35-3)17-22(28(36-4)29(27)39-41(6,33)34)19-7-9-23-20(15-19)11-13-30-23/h7-13,15-17,30H,14H2,1-6H3. The lowest BCUT2D eigenvalue weighted by Crippen LogP contribution is -2.10. The van der Waals surface area contributed by atoms with Gasteiger partial charge in [-0.15, -0.1) is 0 Å². The van der Waals surface area contributed by atoms with E-state index >= 15 is 0 Å². The number of ether oxygens (including phenoxy) is 3. The van der Waals surface area contributed by atoms with Crippen LogP contribution in [0.2, 0.25) is 0 Å². The van der Waals surface area contributed by atoms with Crippen molar-refractivity contribution >= 4 is 31.1 Å². The molecule has 0 atom stereocenters. The molecule has 1 aromatic heterocycles. The Labute approximate surface area is 239 Å². The van der Waals surface area contributed by atoms with Gasteiger partial charge >= 0.3 is 20.2 Å². The number of methoxy groups -OCH3 is 2. The van der Waals surface area contributed by atoms with Gasteiger partial charge in [-0.3, -0.25) is 0 Å². The zero-order valence-electron chi connectivity index (χ0n) is 23.5. The Morgan fingerprint density at radius 1 is 0.780 bits per heavy atom. The minimum atomic E-state index is -4.06. The summed E-state index contributed by atoms with van der Waals surface area (Å²) in [7, 11) is -5.17. The van der Waals surface area contributed by atoms with Crippen LogP contribution in [-0.2, 0) is 20.2 Å². The van der Waals surface area contributed by atoms with E-state index in [2.05, 4.69) is 4.98 Å². The van der Waals surface area contributed by atoms with Gasteiger partial charge in [0.05, 0.1) is 32.3 Å². The first-order chi connectivity index (χ1) is 19.3. The van der Waals surface area contributed by atoms with Crippen LogP contribution in [0.4, 0.5) is 0 Å². The molecule has 1 heterocycles. The zero-order valence-corrected chi connectivity index (χ0v) is 25.1. The van der Waals surface area contributed by atoms with Gasteiger partial charge in [-0.25, -0.2) is 0 Å². The van der Waals surface area contributed by atoms with Crippen molar-refractivity contribution in [3.8, 4) is 51.0 Å². The minimum absolute atomic E-state index is 0.0968. The molecule has 0 fully saturated rings. The summed E-state index contributed by atoms with van der Waals surface area (Å²) in [5, 5.41) is 0.935. The van der Waals surface area contributed by atoms with Crippen molar-refractivity contribution in [3.63, 3.8) is 0 Å². The highest BCUT2D eigenvalue weighted by molar-refractivity contribution is 7.86. The third-order valence-corrected chi connectivity index (χ3v) is 6.88. The molecule has 0 saturated carbocycles. The number of allylic oxidation sites excluding steroid dienone is 1. The summed E-state index contributed by atoms with van der Waals surface area (Å²) in [5.74, 6) is 0.319. The quantitative estimate of drug-likeness (QED) is 0.174. The molecule has 0 bridgehead atoms. The number of aromatic amines is 1. The normalized spacial score (nSPS) is 11.7. The van der Waals surface area contributed by atoms with E-state index in [0.29, 0.717) is 11.1 Å². The Kier molecular flexibility index (Phi) is 8.55. The number of hydrogen-bond donors (Lipinski definition) is 1. The molecule has 0 aliphatic carbocycles. The van der Waals surface area contributed by atoms with Crippen molar-refractivity contribution in [2.45, 2.75) is 13.8 Å². The SMILES string of the molecule is COc1cc(-c2ccc3[nH]ccc3c2)c(OC)c(OS(C)(=O)=O)c1-c1ccc(OCC=C(C)C)c(OS(C)(=O)=O)c1. The number of H-pyrrole nitrogens is 1.